The number of amides is 2. The van der Waals surface area contributed by atoms with E-state index in [2.05, 4.69) is 12.8 Å². The molecular weight excluding hydrogens is 124 g/mol. The van der Waals surface area contributed by atoms with Gasteiger partial charge in [-0.25, -0.2) is 4.79 Å². The molecule has 0 aromatic rings. The quantitative estimate of drug-likeness (QED) is 0.534. The largest absolute Gasteiger partial charge is 0.351 e. The second-order valence-corrected chi connectivity index (χ2v) is 1.94. The molecule has 0 fully saturated rings. The Balaban J connectivity index is 3.32. The summed E-state index contributed by atoms with van der Waals surface area (Å²) in [5.74, 6) is 0. The Morgan fingerprint density at radius 2 is 2.38 bits per heavy atom. The fraction of sp³-hybridized carbons (Fsp3) is 0.750. The zero-order valence-corrected chi connectivity index (χ0v) is 5.69. The predicted molar refractivity (Wildman–Crippen MR) is 35.6 cm³/mol. The Bertz CT molecular complexity index is 86.1. The van der Waals surface area contributed by atoms with Gasteiger partial charge >= 0.3 is 6.03 Å². The van der Waals surface area contributed by atoms with Gasteiger partial charge in [0.15, 0.2) is 0 Å². The van der Waals surface area contributed by atoms with E-state index in [1.165, 1.54) is 4.31 Å². The summed E-state index contributed by atoms with van der Waals surface area (Å²) in [6.07, 6.45) is 0.881. The zero-order valence-electron chi connectivity index (χ0n) is 4.79. The molecule has 0 heterocycles. The first-order valence-corrected chi connectivity index (χ1v) is 2.84. The highest BCUT2D eigenvalue weighted by atomic mass is 32.1. The van der Waals surface area contributed by atoms with Crippen LogP contribution in [0.3, 0.4) is 0 Å². The zero-order chi connectivity index (χ0) is 6.57. The van der Waals surface area contributed by atoms with E-state index in [0.717, 1.165) is 6.42 Å². The maximum Gasteiger partial charge on any atom is 0.324 e. The predicted octanol–water partition coefficient (Wildman–Crippen LogP) is 0.622. The summed E-state index contributed by atoms with van der Waals surface area (Å²) in [7, 11) is 0. The molecule has 2 N–H and O–H groups in total. The van der Waals surface area contributed by atoms with Crippen molar-refractivity contribution >= 4 is 18.8 Å². The molecule has 0 unspecified atom stereocenters. The first-order valence-electron chi connectivity index (χ1n) is 2.44. The van der Waals surface area contributed by atoms with Crippen molar-refractivity contribution in [3.63, 3.8) is 0 Å². The Morgan fingerprint density at radius 1 is 1.88 bits per heavy atom. The molecule has 0 rings (SSSR count). The molecule has 2 amide bonds. The highest BCUT2D eigenvalue weighted by molar-refractivity contribution is 7.78. The Labute approximate surface area is 54.4 Å². The third kappa shape index (κ3) is 2.74. The number of urea groups is 1. The van der Waals surface area contributed by atoms with Crippen molar-refractivity contribution in [3.8, 4) is 0 Å². The van der Waals surface area contributed by atoms with Gasteiger partial charge in [-0.3, -0.25) is 4.31 Å². The van der Waals surface area contributed by atoms with Crippen molar-refractivity contribution in [2.75, 3.05) is 6.54 Å². The molecule has 0 spiro atoms. The summed E-state index contributed by atoms with van der Waals surface area (Å²) in [4.78, 5) is 10.2. The number of primary amides is 1. The van der Waals surface area contributed by atoms with E-state index >= 15 is 0 Å². The lowest BCUT2D eigenvalue weighted by Gasteiger charge is -2.08. The molecule has 48 valence electrons. The average Bonchev–Trinajstić information content (AvgIpc) is 1.67. The molecule has 0 aromatic carbocycles. The van der Waals surface area contributed by atoms with Gasteiger partial charge in [-0.1, -0.05) is 19.7 Å². The van der Waals surface area contributed by atoms with Crippen LogP contribution >= 0.6 is 12.8 Å². The number of hydrogen-bond donors (Lipinski definition) is 2. The molecule has 0 atom stereocenters. The van der Waals surface area contributed by atoms with Crippen LogP contribution in [0.2, 0.25) is 0 Å². The SMILES string of the molecule is CCCN(S)C(N)=O. The van der Waals surface area contributed by atoms with Gasteiger partial charge in [0.2, 0.25) is 0 Å². The molecule has 0 radical (unpaired) electrons. The second kappa shape index (κ2) is 3.60. The highest BCUT2D eigenvalue weighted by Gasteiger charge is 1.99. The third-order valence-corrected chi connectivity index (χ3v) is 1.09. The van der Waals surface area contributed by atoms with Crippen LogP contribution in [-0.4, -0.2) is 16.9 Å². The first-order chi connectivity index (χ1) is 3.68. The Kier molecular flexibility index (Phi) is 3.43. The molecular formula is C4H10N2OS. The lowest BCUT2D eigenvalue weighted by Crippen LogP contribution is -2.27. The smallest absolute Gasteiger partial charge is 0.324 e. The average molecular weight is 134 g/mol. The molecule has 0 aliphatic heterocycles. The fourth-order valence-electron chi connectivity index (χ4n) is 0.322. The molecule has 0 aromatic heterocycles. The maximum atomic E-state index is 10.2. The minimum Gasteiger partial charge on any atom is -0.351 e. The van der Waals surface area contributed by atoms with Gasteiger partial charge in [-0.05, 0) is 6.42 Å². The van der Waals surface area contributed by atoms with Crippen LogP contribution in [0.5, 0.6) is 0 Å². The maximum absolute atomic E-state index is 10.2. The van der Waals surface area contributed by atoms with E-state index in [0.29, 0.717) is 6.54 Å². The summed E-state index contributed by atoms with van der Waals surface area (Å²) >= 11 is 3.76. The standard InChI is InChI=1S/C4H10N2OS/c1-2-3-6(8)4(5)7/h8H,2-3H2,1H3,(H2,5,7). The molecule has 3 nitrogen and oxygen atoms in total. The molecule has 0 aliphatic rings. The molecule has 0 saturated carbocycles. The van der Waals surface area contributed by atoms with Gasteiger partial charge in [-0.15, -0.1) is 0 Å². The normalized spacial score (nSPS) is 8.75. The summed E-state index contributed by atoms with van der Waals surface area (Å²) in [5, 5.41) is 0. The molecule has 0 aliphatic carbocycles. The number of carbonyl (C=O) groups is 1. The van der Waals surface area contributed by atoms with Crippen LogP contribution in [0.25, 0.3) is 0 Å². The third-order valence-electron chi connectivity index (χ3n) is 0.690. The molecule has 0 saturated heterocycles. The number of thiol groups is 1. The van der Waals surface area contributed by atoms with Crippen LogP contribution in [0.4, 0.5) is 4.79 Å². The van der Waals surface area contributed by atoms with E-state index in [4.69, 9.17) is 5.73 Å². The molecule has 0 bridgehead atoms. The number of hydrogen-bond acceptors (Lipinski definition) is 2. The van der Waals surface area contributed by atoms with E-state index in [-0.39, 0.29) is 0 Å². The fourth-order valence-corrected chi connectivity index (χ4v) is 0.522. The van der Waals surface area contributed by atoms with Crippen LogP contribution in [0, 0.1) is 0 Å². The van der Waals surface area contributed by atoms with E-state index in [1.807, 2.05) is 6.92 Å². The summed E-state index contributed by atoms with van der Waals surface area (Å²) in [5.41, 5.74) is 4.83. The van der Waals surface area contributed by atoms with Crippen molar-refractivity contribution in [1.82, 2.24) is 4.31 Å². The van der Waals surface area contributed by atoms with Gasteiger partial charge in [0.1, 0.15) is 0 Å². The van der Waals surface area contributed by atoms with Gasteiger partial charge in [0.05, 0.1) is 0 Å². The first kappa shape index (κ1) is 7.62. The minimum atomic E-state index is -0.491. The number of nitrogens with two attached hydrogens (primary N) is 1. The highest BCUT2D eigenvalue weighted by Crippen LogP contribution is 1.92. The molecule has 4 heteroatoms. The van der Waals surface area contributed by atoms with Crippen molar-refractivity contribution in [3.05, 3.63) is 0 Å². The van der Waals surface area contributed by atoms with Gasteiger partial charge in [-0.2, -0.15) is 0 Å². The monoisotopic (exact) mass is 134 g/mol. The lowest BCUT2D eigenvalue weighted by molar-refractivity contribution is 0.235. The van der Waals surface area contributed by atoms with Gasteiger partial charge in [0, 0.05) is 6.54 Å². The van der Waals surface area contributed by atoms with Crippen molar-refractivity contribution in [2.45, 2.75) is 13.3 Å². The summed E-state index contributed by atoms with van der Waals surface area (Å²) < 4.78 is 1.18. The van der Waals surface area contributed by atoms with Crippen molar-refractivity contribution in [2.24, 2.45) is 5.73 Å². The number of carbonyl (C=O) groups excluding carboxylic acids is 1. The lowest BCUT2D eigenvalue weighted by atomic mass is 10.5. The van der Waals surface area contributed by atoms with Crippen LogP contribution in [0.15, 0.2) is 0 Å². The van der Waals surface area contributed by atoms with Crippen LogP contribution < -0.4 is 5.73 Å². The minimum absolute atomic E-state index is 0.491. The number of rotatable bonds is 2. The number of nitrogens with zero attached hydrogens (tertiary/aromatic N) is 1. The second-order valence-electron chi connectivity index (χ2n) is 1.46. The van der Waals surface area contributed by atoms with Gasteiger partial charge < -0.3 is 5.73 Å². The molecule has 8 heavy (non-hydrogen) atoms. The Morgan fingerprint density at radius 3 is 2.50 bits per heavy atom. The van der Waals surface area contributed by atoms with Crippen molar-refractivity contribution in [1.29, 1.82) is 0 Å². The van der Waals surface area contributed by atoms with E-state index < -0.39 is 6.03 Å². The van der Waals surface area contributed by atoms with Crippen LogP contribution in [0.1, 0.15) is 13.3 Å². The summed E-state index contributed by atoms with van der Waals surface area (Å²) in [6.45, 7) is 2.56. The topological polar surface area (TPSA) is 46.3 Å². The van der Waals surface area contributed by atoms with E-state index in [9.17, 15) is 4.79 Å². The van der Waals surface area contributed by atoms with E-state index in [1.54, 1.807) is 0 Å². The van der Waals surface area contributed by atoms with Crippen molar-refractivity contribution < 1.29 is 4.79 Å². The van der Waals surface area contributed by atoms with Crippen LogP contribution in [-0.2, 0) is 0 Å². The Hall–Kier alpha value is -0.380. The summed E-state index contributed by atoms with van der Waals surface area (Å²) in [6, 6.07) is -0.491. The van der Waals surface area contributed by atoms with Gasteiger partial charge in [0.25, 0.3) is 0 Å².